The van der Waals surface area contributed by atoms with Crippen molar-refractivity contribution < 1.29 is 14.3 Å². The van der Waals surface area contributed by atoms with Gasteiger partial charge >= 0.3 is 0 Å². The van der Waals surface area contributed by atoms with Crippen LogP contribution >= 0.6 is 0 Å². The van der Waals surface area contributed by atoms with Gasteiger partial charge in [0.15, 0.2) is 0 Å². The summed E-state index contributed by atoms with van der Waals surface area (Å²) in [6.45, 7) is 11.0. The number of hydrogen-bond donors (Lipinski definition) is 1. The second-order valence-electron chi connectivity index (χ2n) is 7.47. The summed E-state index contributed by atoms with van der Waals surface area (Å²) >= 11 is 0. The normalized spacial score (nSPS) is 9.28. The number of ether oxygens (including phenoxy) is 1. The standard InChI is InChI=1S/C13H17NO3.C11H10N2O.C3H8.C2H6/c1-11-6-3-4-7-12(11)13(16)14(10-15)8-5-9-17-2;12-9-4-6-10(7-5-9)13-8-2-1-3-11(13)14;1-3-2;1-2/h3-4,6-7,10H,5,8-9H2,1-2H3;1-8H,12H2;3H2,1-2H3;1-2H3. The van der Waals surface area contributed by atoms with E-state index in [0.717, 1.165) is 11.3 Å². The van der Waals surface area contributed by atoms with Crippen LogP contribution in [0.3, 0.4) is 0 Å². The van der Waals surface area contributed by atoms with E-state index in [1.807, 2.05) is 51.1 Å². The smallest absolute Gasteiger partial charge is 0.260 e. The number of nitrogens with zero attached hydrogens (tertiary/aromatic N) is 2. The molecule has 7 nitrogen and oxygen atoms in total. The van der Waals surface area contributed by atoms with E-state index in [0.29, 0.717) is 37.2 Å². The van der Waals surface area contributed by atoms with Crippen LogP contribution in [-0.2, 0) is 9.53 Å². The lowest BCUT2D eigenvalue weighted by atomic mass is 10.1. The molecule has 0 aliphatic rings. The quantitative estimate of drug-likeness (QED) is 0.266. The predicted octanol–water partition coefficient (Wildman–Crippen LogP) is 5.49. The molecular formula is C29H41N3O4. The van der Waals surface area contributed by atoms with Crippen LogP contribution in [0.1, 0.15) is 56.5 Å². The Morgan fingerprint density at radius 3 is 2.11 bits per heavy atom. The monoisotopic (exact) mass is 495 g/mol. The van der Waals surface area contributed by atoms with Crippen molar-refractivity contribution >= 4 is 18.0 Å². The fourth-order valence-electron chi connectivity index (χ4n) is 2.82. The molecule has 36 heavy (non-hydrogen) atoms. The van der Waals surface area contributed by atoms with Crippen molar-refractivity contribution in [3.05, 3.63) is 94.4 Å². The van der Waals surface area contributed by atoms with Gasteiger partial charge < -0.3 is 10.5 Å². The Labute approximate surface area is 215 Å². The summed E-state index contributed by atoms with van der Waals surface area (Å²) in [7, 11) is 1.59. The first-order chi connectivity index (χ1) is 17.4. The third-order valence-corrected chi connectivity index (χ3v) is 4.50. The maximum absolute atomic E-state index is 12.0. The molecule has 0 radical (unpaired) electrons. The molecule has 0 aliphatic carbocycles. The average molecular weight is 496 g/mol. The second kappa shape index (κ2) is 19.6. The van der Waals surface area contributed by atoms with Crippen LogP contribution in [0.2, 0.25) is 0 Å². The van der Waals surface area contributed by atoms with E-state index in [-0.39, 0.29) is 11.5 Å². The van der Waals surface area contributed by atoms with Crippen LogP contribution in [0.4, 0.5) is 5.69 Å². The summed E-state index contributed by atoms with van der Waals surface area (Å²) in [5.74, 6) is -0.255. The molecule has 0 saturated carbocycles. The molecule has 0 saturated heterocycles. The third-order valence-electron chi connectivity index (χ3n) is 4.50. The highest BCUT2D eigenvalue weighted by molar-refractivity contribution is 6.00. The van der Waals surface area contributed by atoms with E-state index in [9.17, 15) is 14.4 Å². The van der Waals surface area contributed by atoms with E-state index >= 15 is 0 Å². The van der Waals surface area contributed by atoms with Gasteiger partial charge in [0.25, 0.3) is 11.5 Å². The fourth-order valence-corrected chi connectivity index (χ4v) is 2.82. The van der Waals surface area contributed by atoms with Gasteiger partial charge in [0.2, 0.25) is 6.41 Å². The zero-order valence-electron chi connectivity index (χ0n) is 22.4. The van der Waals surface area contributed by atoms with Crippen molar-refractivity contribution in [2.24, 2.45) is 0 Å². The van der Waals surface area contributed by atoms with Crippen LogP contribution in [-0.4, -0.2) is 42.0 Å². The molecule has 1 heterocycles. The summed E-state index contributed by atoms with van der Waals surface area (Å²) < 4.78 is 6.46. The van der Waals surface area contributed by atoms with E-state index in [1.54, 1.807) is 48.2 Å². The number of rotatable bonds is 7. The van der Waals surface area contributed by atoms with E-state index in [4.69, 9.17) is 10.5 Å². The minimum absolute atomic E-state index is 0.0442. The number of hydrogen-bond acceptors (Lipinski definition) is 5. The van der Waals surface area contributed by atoms with Crippen LogP contribution in [0.15, 0.2) is 77.7 Å². The number of nitrogen functional groups attached to an aromatic ring is 1. The Balaban J connectivity index is 0.000000583. The van der Waals surface area contributed by atoms with Crippen LogP contribution in [0.25, 0.3) is 5.69 Å². The Morgan fingerprint density at radius 2 is 1.58 bits per heavy atom. The summed E-state index contributed by atoms with van der Waals surface area (Å²) in [5, 5.41) is 0. The lowest BCUT2D eigenvalue weighted by Gasteiger charge is -2.16. The van der Waals surface area contributed by atoms with Gasteiger partial charge in [-0.05, 0) is 55.3 Å². The zero-order chi connectivity index (χ0) is 27.3. The maximum Gasteiger partial charge on any atom is 0.260 e. The van der Waals surface area contributed by atoms with Crippen LogP contribution in [0, 0.1) is 6.92 Å². The number of benzene rings is 2. The predicted molar refractivity (Wildman–Crippen MR) is 149 cm³/mol. The number of methoxy groups -OCH3 is 1. The van der Waals surface area contributed by atoms with Gasteiger partial charge in [0.05, 0.1) is 0 Å². The number of aryl methyl sites for hydroxylation is 1. The minimum atomic E-state index is -0.255. The molecule has 196 valence electrons. The lowest BCUT2D eigenvalue weighted by Crippen LogP contribution is -2.31. The van der Waals surface area contributed by atoms with Crippen molar-refractivity contribution in [1.29, 1.82) is 0 Å². The second-order valence-corrected chi connectivity index (χ2v) is 7.47. The van der Waals surface area contributed by atoms with Crippen molar-refractivity contribution in [1.82, 2.24) is 9.47 Å². The Bertz CT molecular complexity index is 1060. The number of amides is 2. The third kappa shape index (κ3) is 11.6. The highest BCUT2D eigenvalue weighted by atomic mass is 16.5. The van der Waals surface area contributed by atoms with Crippen molar-refractivity contribution in [3.63, 3.8) is 0 Å². The van der Waals surface area contributed by atoms with Gasteiger partial charge in [0, 0.05) is 49.5 Å². The molecule has 0 fully saturated rings. The fraction of sp³-hybridized carbons (Fsp3) is 0.345. The number of carbonyl (C=O) groups excluding carboxylic acids is 2. The van der Waals surface area contributed by atoms with E-state index in [1.165, 1.54) is 17.4 Å². The van der Waals surface area contributed by atoms with Crippen LogP contribution < -0.4 is 11.3 Å². The maximum atomic E-state index is 12.0. The summed E-state index contributed by atoms with van der Waals surface area (Å²) in [4.78, 5) is 35.6. The highest BCUT2D eigenvalue weighted by Gasteiger charge is 2.15. The summed E-state index contributed by atoms with van der Waals surface area (Å²) in [5.41, 5.74) is 8.47. The first kappa shape index (κ1) is 32.3. The molecule has 3 rings (SSSR count). The molecule has 2 amide bonds. The number of carbonyl (C=O) groups is 2. The van der Waals surface area contributed by atoms with Crippen molar-refractivity contribution in [2.75, 3.05) is 26.0 Å². The van der Waals surface area contributed by atoms with Gasteiger partial charge in [-0.3, -0.25) is 23.9 Å². The molecule has 7 heteroatoms. The zero-order valence-corrected chi connectivity index (χ0v) is 22.4. The average Bonchev–Trinajstić information content (AvgIpc) is 2.90. The molecular weight excluding hydrogens is 454 g/mol. The Kier molecular flexibility index (Phi) is 17.6. The summed E-state index contributed by atoms with van der Waals surface area (Å²) in [6.07, 6.45) is 4.20. The van der Waals surface area contributed by atoms with E-state index < -0.39 is 0 Å². The largest absolute Gasteiger partial charge is 0.399 e. The molecule has 0 atom stereocenters. The van der Waals surface area contributed by atoms with Gasteiger partial charge in [-0.25, -0.2) is 0 Å². The molecule has 2 N–H and O–H groups in total. The highest BCUT2D eigenvalue weighted by Crippen LogP contribution is 2.10. The molecule has 0 aliphatic heterocycles. The van der Waals surface area contributed by atoms with Gasteiger partial charge in [0.1, 0.15) is 0 Å². The van der Waals surface area contributed by atoms with Gasteiger partial charge in [-0.15, -0.1) is 0 Å². The molecule has 0 spiro atoms. The molecule has 0 unspecified atom stereocenters. The Morgan fingerprint density at radius 1 is 1.00 bits per heavy atom. The molecule has 0 bridgehead atoms. The summed E-state index contributed by atoms with van der Waals surface area (Å²) in [6, 6.07) is 19.5. The first-order valence-corrected chi connectivity index (χ1v) is 12.2. The lowest BCUT2D eigenvalue weighted by molar-refractivity contribution is -0.116. The van der Waals surface area contributed by atoms with E-state index in [2.05, 4.69) is 13.8 Å². The molecule has 2 aromatic carbocycles. The van der Waals surface area contributed by atoms with Crippen molar-refractivity contribution in [3.8, 4) is 5.69 Å². The minimum Gasteiger partial charge on any atom is -0.399 e. The number of pyridine rings is 1. The topological polar surface area (TPSA) is 94.6 Å². The van der Waals surface area contributed by atoms with Crippen LogP contribution in [0.5, 0.6) is 0 Å². The number of aromatic nitrogens is 1. The SMILES string of the molecule is CC.CCC.COCCCN(C=O)C(=O)c1ccccc1C.Nc1ccc(-n2ccccc2=O)cc1. The number of anilines is 1. The Hall–Kier alpha value is -3.71. The molecule has 3 aromatic rings. The molecule has 1 aromatic heterocycles. The number of imide groups is 1. The van der Waals surface area contributed by atoms with Gasteiger partial charge in [-0.2, -0.15) is 0 Å². The number of nitrogens with two attached hydrogens (primary N) is 1. The van der Waals surface area contributed by atoms with Gasteiger partial charge in [-0.1, -0.05) is 58.4 Å². The van der Waals surface area contributed by atoms with Crippen molar-refractivity contribution in [2.45, 2.75) is 47.5 Å². The first-order valence-electron chi connectivity index (χ1n) is 12.2.